The Hall–Kier alpha value is -0.670. The third kappa shape index (κ3) is 1.17. The van der Waals surface area contributed by atoms with Gasteiger partial charge in [0.05, 0.1) is 0 Å². The van der Waals surface area contributed by atoms with Crippen molar-refractivity contribution in [2.75, 3.05) is 0 Å². The maximum Gasteiger partial charge on any atom is 0.242 e. The van der Waals surface area contributed by atoms with Crippen molar-refractivity contribution in [3.05, 3.63) is 0 Å². The largest absolute Gasteiger partial charge is 0.369 e. The van der Waals surface area contributed by atoms with Gasteiger partial charge in [-0.25, -0.2) is 8.78 Å². The third-order valence-electron chi connectivity index (χ3n) is 1.53. The highest BCUT2D eigenvalue weighted by Gasteiger charge is 2.47. The van der Waals surface area contributed by atoms with Crippen LogP contribution < -0.4 is 5.73 Å². The summed E-state index contributed by atoms with van der Waals surface area (Å²) in [6.07, 6.45) is -2.10. The fourth-order valence-corrected chi connectivity index (χ4v) is 0.820. The highest BCUT2D eigenvalue weighted by Crippen LogP contribution is 2.42. The molecule has 0 saturated heterocycles. The molecule has 1 saturated carbocycles. The zero-order chi connectivity index (χ0) is 7.02. The fourth-order valence-electron chi connectivity index (χ4n) is 0.820. The van der Waals surface area contributed by atoms with Gasteiger partial charge in [0.1, 0.15) is 0 Å². The molecule has 0 aromatic heterocycles. The second-order valence-electron chi connectivity index (χ2n) is 2.24. The van der Waals surface area contributed by atoms with Crippen LogP contribution in [-0.4, -0.2) is 12.3 Å². The van der Waals surface area contributed by atoms with Crippen LogP contribution in [0.25, 0.3) is 0 Å². The molecule has 1 rings (SSSR count). The molecule has 0 aromatic carbocycles. The molecule has 2 unspecified atom stereocenters. The molecule has 1 aliphatic carbocycles. The molecule has 0 bridgehead atoms. The van der Waals surface area contributed by atoms with Gasteiger partial charge in [-0.3, -0.25) is 4.79 Å². The van der Waals surface area contributed by atoms with Gasteiger partial charge in [-0.15, -0.1) is 0 Å². The number of alkyl halides is 2. The summed E-state index contributed by atoms with van der Waals surface area (Å²) in [4.78, 5) is 10.2. The Labute approximate surface area is 51.0 Å². The number of primary amides is 1. The van der Waals surface area contributed by atoms with Crippen LogP contribution in [0.15, 0.2) is 0 Å². The van der Waals surface area contributed by atoms with Gasteiger partial charge in [-0.1, -0.05) is 0 Å². The van der Waals surface area contributed by atoms with E-state index in [1.54, 1.807) is 0 Å². The molecule has 1 amide bonds. The summed E-state index contributed by atoms with van der Waals surface area (Å²) >= 11 is 0. The van der Waals surface area contributed by atoms with E-state index in [9.17, 15) is 13.6 Å². The summed E-state index contributed by atoms with van der Waals surface area (Å²) in [5, 5.41) is 0. The first-order valence-electron chi connectivity index (χ1n) is 2.70. The molecule has 2 nitrogen and oxygen atoms in total. The van der Waals surface area contributed by atoms with Crippen molar-refractivity contribution in [3.63, 3.8) is 0 Å². The van der Waals surface area contributed by atoms with E-state index in [0.717, 1.165) is 0 Å². The monoisotopic (exact) mass is 135 g/mol. The fraction of sp³-hybridized carbons (Fsp3) is 0.800. The first-order chi connectivity index (χ1) is 4.13. The van der Waals surface area contributed by atoms with Crippen molar-refractivity contribution in [1.29, 1.82) is 0 Å². The van der Waals surface area contributed by atoms with Crippen LogP contribution in [0.2, 0.25) is 0 Å². The molecular formula is C5H7F2NO. The standard InChI is InChI=1S/C5H7F2NO/c6-4(7)2-1-3(2)5(8)9/h2-4H,1H2,(H2,8,9). The van der Waals surface area contributed by atoms with Crippen LogP contribution in [0.4, 0.5) is 8.78 Å². The first kappa shape index (κ1) is 6.45. The van der Waals surface area contributed by atoms with E-state index in [1.165, 1.54) is 0 Å². The molecule has 1 aliphatic rings. The molecular weight excluding hydrogens is 128 g/mol. The summed E-state index contributed by atoms with van der Waals surface area (Å²) in [5.41, 5.74) is 4.75. The molecule has 0 radical (unpaired) electrons. The summed E-state index contributed by atoms with van der Waals surface area (Å²) in [5.74, 6) is -1.90. The first-order valence-corrected chi connectivity index (χ1v) is 2.70. The lowest BCUT2D eigenvalue weighted by atomic mass is 10.3. The predicted octanol–water partition coefficient (Wildman–Crippen LogP) is 0.373. The van der Waals surface area contributed by atoms with Crippen molar-refractivity contribution in [3.8, 4) is 0 Å². The second kappa shape index (κ2) is 1.93. The lowest BCUT2D eigenvalue weighted by Gasteiger charge is -1.91. The number of halogens is 2. The second-order valence-corrected chi connectivity index (χ2v) is 2.24. The number of hydrogen-bond donors (Lipinski definition) is 1. The Balaban J connectivity index is 2.33. The molecule has 0 spiro atoms. The van der Waals surface area contributed by atoms with Gasteiger partial charge in [-0.05, 0) is 6.42 Å². The Morgan fingerprint density at radius 2 is 2.22 bits per heavy atom. The van der Waals surface area contributed by atoms with Crippen LogP contribution >= 0.6 is 0 Å². The van der Waals surface area contributed by atoms with Gasteiger partial charge in [-0.2, -0.15) is 0 Å². The van der Waals surface area contributed by atoms with E-state index in [-0.39, 0.29) is 6.42 Å². The maximum absolute atomic E-state index is 11.6. The van der Waals surface area contributed by atoms with E-state index in [4.69, 9.17) is 5.73 Å². The van der Waals surface area contributed by atoms with Crippen molar-refractivity contribution >= 4 is 5.91 Å². The molecule has 0 aliphatic heterocycles. The number of nitrogens with two attached hydrogens (primary N) is 1. The van der Waals surface area contributed by atoms with Gasteiger partial charge >= 0.3 is 0 Å². The van der Waals surface area contributed by atoms with Gasteiger partial charge in [0, 0.05) is 11.8 Å². The molecule has 9 heavy (non-hydrogen) atoms. The number of amides is 1. The molecule has 2 N–H and O–H groups in total. The number of carbonyl (C=O) groups is 1. The number of hydrogen-bond acceptors (Lipinski definition) is 1. The average molecular weight is 135 g/mol. The summed E-state index contributed by atoms with van der Waals surface area (Å²) in [6.45, 7) is 0. The quantitative estimate of drug-likeness (QED) is 0.584. The van der Waals surface area contributed by atoms with Crippen molar-refractivity contribution < 1.29 is 13.6 Å². The van der Waals surface area contributed by atoms with E-state index in [2.05, 4.69) is 0 Å². The van der Waals surface area contributed by atoms with Crippen LogP contribution in [0.3, 0.4) is 0 Å². The lowest BCUT2D eigenvalue weighted by molar-refractivity contribution is -0.120. The minimum absolute atomic E-state index is 0.271. The normalized spacial score (nSPS) is 32.8. The Morgan fingerprint density at radius 3 is 2.33 bits per heavy atom. The Bertz CT molecular complexity index is 137. The van der Waals surface area contributed by atoms with E-state index >= 15 is 0 Å². The van der Waals surface area contributed by atoms with Crippen molar-refractivity contribution in [1.82, 2.24) is 0 Å². The minimum Gasteiger partial charge on any atom is -0.369 e. The lowest BCUT2D eigenvalue weighted by Crippen LogP contribution is -2.15. The zero-order valence-electron chi connectivity index (χ0n) is 4.68. The van der Waals surface area contributed by atoms with E-state index in [0.29, 0.717) is 0 Å². The SMILES string of the molecule is NC(=O)C1CC1C(F)F. The zero-order valence-corrected chi connectivity index (χ0v) is 4.68. The predicted molar refractivity (Wildman–Crippen MR) is 26.8 cm³/mol. The molecule has 0 aromatic rings. The highest BCUT2D eigenvalue weighted by atomic mass is 19.3. The van der Waals surface area contributed by atoms with Crippen LogP contribution in [-0.2, 0) is 4.79 Å². The van der Waals surface area contributed by atoms with Gasteiger partial charge < -0.3 is 5.73 Å². The molecule has 2 atom stereocenters. The topological polar surface area (TPSA) is 43.1 Å². The average Bonchev–Trinajstić information content (AvgIpc) is 2.39. The number of rotatable bonds is 2. The summed E-state index contributed by atoms with van der Waals surface area (Å²) < 4.78 is 23.2. The van der Waals surface area contributed by atoms with Crippen LogP contribution in [0.5, 0.6) is 0 Å². The van der Waals surface area contributed by atoms with Crippen molar-refractivity contribution in [2.24, 2.45) is 17.6 Å². The van der Waals surface area contributed by atoms with E-state index in [1.807, 2.05) is 0 Å². The van der Waals surface area contributed by atoms with E-state index < -0.39 is 24.2 Å². The summed E-state index contributed by atoms with van der Waals surface area (Å²) in [6, 6.07) is 0. The van der Waals surface area contributed by atoms with Gasteiger partial charge in [0.2, 0.25) is 12.3 Å². The van der Waals surface area contributed by atoms with Gasteiger partial charge in [0.15, 0.2) is 0 Å². The smallest absolute Gasteiger partial charge is 0.242 e. The Kier molecular flexibility index (Phi) is 1.38. The van der Waals surface area contributed by atoms with Crippen molar-refractivity contribution in [2.45, 2.75) is 12.8 Å². The van der Waals surface area contributed by atoms with Crippen LogP contribution in [0.1, 0.15) is 6.42 Å². The summed E-state index contributed by atoms with van der Waals surface area (Å²) in [7, 11) is 0. The van der Waals surface area contributed by atoms with Crippen LogP contribution in [0, 0.1) is 11.8 Å². The molecule has 0 heterocycles. The molecule has 52 valence electrons. The highest BCUT2D eigenvalue weighted by molar-refractivity contribution is 5.79. The molecule has 4 heteroatoms. The minimum atomic E-state index is -2.37. The third-order valence-corrected chi connectivity index (χ3v) is 1.53. The Morgan fingerprint density at radius 1 is 1.67 bits per heavy atom. The molecule has 1 fully saturated rings. The maximum atomic E-state index is 11.6. The van der Waals surface area contributed by atoms with Gasteiger partial charge in [0.25, 0.3) is 0 Å². The number of carbonyl (C=O) groups excluding carboxylic acids is 1.